The van der Waals surface area contributed by atoms with Crippen LogP contribution in [0.15, 0.2) is 53.5 Å². The minimum Gasteiger partial charge on any atom is -0.468 e. The molecule has 0 saturated carbocycles. The van der Waals surface area contributed by atoms with E-state index in [1.807, 2.05) is 42.5 Å². The van der Waals surface area contributed by atoms with Gasteiger partial charge in [-0.05, 0) is 29.7 Å². The summed E-state index contributed by atoms with van der Waals surface area (Å²) in [5, 5.41) is 0. The van der Waals surface area contributed by atoms with E-state index >= 15 is 0 Å². The molecular formula is C21H22N2O3S2. The first kappa shape index (κ1) is 20.4. The number of hydrogen-bond acceptors (Lipinski definition) is 5. The maximum atomic E-state index is 12.4. The summed E-state index contributed by atoms with van der Waals surface area (Å²) in [7, 11) is 1.36. The Labute approximate surface area is 172 Å². The standard InChI is InChI=1S/C21H22N2O3S2/c1-3-15-9-10-17-18(11-15)28-21(23(17)12-20(25)26-2)22-19(24)14-27-13-16-7-5-4-6-8-16/h4-11H,3,12-14H2,1-2H3. The van der Waals surface area contributed by atoms with E-state index in [2.05, 4.69) is 18.0 Å². The van der Waals surface area contributed by atoms with Gasteiger partial charge in [0.2, 0.25) is 0 Å². The van der Waals surface area contributed by atoms with Crippen molar-refractivity contribution in [3.63, 3.8) is 0 Å². The van der Waals surface area contributed by atoms with E-state index in [4.69, 9.17) is 4.74 Å². The molecule has 0 radical (unpaired) electrons. The molecule has 1 heterocycles. The molecule has 146 valence electrons. The van der Waals surface area contributed by atoms with Crippen LogP contribution in [0.25, 0.3) is 10.2 Å². The van der Waals surface area contributed by atoms with Crippen LogP contribution in [-0.4, -0.2) is 29.3 Å². The van der Waals surface area contributed by atoms with Gasteiger partial charge in [0.1, 0.15) is 6.54 Å². The van der Waals surface area contributed by atoms with E-state index in [1.165, 1.54) is 41.3 Å². The van der Waals surface area contributed by atoms with Gasteiger partial charge in [-0.15, -0.1) is 11.8 Å². The van der Waals surface area contributed by atoms with Crippen LogP contribution < -0.4 is 4.80 Å². The minimum absolute atomic E-state index is 0.0330. The Kier molecular flexibility index (Phi) is 7.06. The van der Waals surface area contributed by atoms with E-state index < -0.39 is 0 Å². The molecule has 0 saturated heterocycles. The lowest BCUT2D eigenvalue weighted by Crippen LogP contribution is -2.22. The van der Waals surface area contributed by atoms with Crippen LogP contribution in [0.5, 0.6) is 0 Å². The van der Waals surface area contributed by atoms with Gasteiger partial charge in [-0.2, -0.15) is 4.99 Å². The summed E-state index contributed by atoms with van der Waals surface area (Å²) in [6.45, 7) is 2.13. The number of methoxy groups -OCH3 is 1. The van der Waals surface area contributed by atoms with Crippen LogP contribution in [0.1, 0.15) is 18.1 Å². The van der Waals surface area contributed by atoms with Crippen molar-refractivity contribution in [3.05, 3.63) is 64.5 Å². The number of thioether (sulfide) groups is 1. The van der Waals surface area contributed by atoms with Crippen LogP contribution in [0.2, 0.25) is 0 Å². The quantitative estimate of drug-likeness (QED) is 0.552. The van der Waals surface area contributed by atoms with Crippen molar-refractivity contribution in [1.29, 1.82) is 0 Å². The number of hydrogen-bond donors (Lipinski definition) is 0. The highest BCUT2D eigenvalue weighted by molar-refractivity contribution is 7.99. The molecule has 0 atom stereocenters. The highest BCUT2D eigenvalue weighted by Crippen LogP contribution is 2.20. The summed E-state index contributed by atoms with van der Waals surface area (Å²) >= 11 is 2.95. The van der Waals surface area contributed by atoms with Gasteiger partial charge < -0.3 is 9.30 Å². The van der Waals surface area contributed by atoms with Crippen LogP contribution in [-0.2, 0) is 33.0 Å². The van der Waals surface area contributed by atoms with Gasteiger partial charge in [0.05, 0.1) is 23.1 Å². The fourth-order valence-corrected chi connectivity index (χ4v) is 4.62. The average molecular weight is 415 g/mol. The summed E-state index contributed by atoms with van der Waals surface area (Å²) in [4.78, 5) is 29.1. The lowest BCUT2D eigenvalue weighted by molar-refractivity contribution is -0.141. The van der Waals surface area contributed by atoms with E-state index in [0.29, 0.717) is 10.6 Å². The fraction of sp³-hybridized carbons (Fsp3) is 0.286. The zero-order valence-electron chi connectivity index (χ0n) is 15.9. The molecule has 0 fully saturated rings. The molecule has 0 aliphatic carbocycles. The third kappa shape index (κ3) is 5.11. The number of benzene rings is 2. The van der Waals surface area contributed by atoms with Crippen molar-refractivity contribution in [3.8, 4) is 0 Å². The number of aromatic nitrogens is 1. The maximum Gasteiger partial charge on any atom is 0.325 e. The maximum absolute atomic E-state index is 12.4. The monoisotopic (exact) mass is 414 g/mol. The highest BCUT2D eigenvalue weighted by Gasteiger charge is 2.12. The summed E-state index contributed by atoms with van der Waals surface area (Å²) in [5.74, 6) is 0.478. The normalized spacial score (nSPS) is 11.7. The largest absolute Gasteiger partial charge is 0.468 e. The molecule has 28 heavy (non-hydrogen) atoms. The number of esters is 1. The van der Waals surface area contributed by atoms with Crippen LogP contribution in [0.4, 0.5) is 0 Å². The number of nitrogens with zero attached hydrogens (tertiary/aromatic N) is 2. The van der Waals surface area contributed by atoms with E-state index in [9.17, 15) is 9.59 Å². The number of fused-ring (bicyclic) bond motifs is 1. The van der Waals surface area contributed by atoms with Gasteiger partial charge in [0.25, 0.3) is 5.91 Å². The molecule has 0 spiro atoms. The predicted molar refractivity (Wildman–Crippen MR) is 114 cm³/mol. The Morgan fingerprint density at radius 1 is 1.14 bits per heavy atom. The van der Waals surface area contributed by atoms with Crippen molar-refractivity contribution in [1.82, 2.24) is 4.57 Å². The molecule has 5 nitrogen and oxygen atoms in total. The first-order valence-electron chi connectivity index (χ1n) is 8.99. The summed E-state index contributed by atoms with van der Waals surface area (Å²) in [6, 6.07) is 16.1. The second-order valence-electron chi connectivity index (χ2n) is 6.19. The fourth-order valence-electron chi connectivity index (χ4n) is 2.74. The Hall–Kier alpha value is -2.38. The molecule has 1 amide bonds. The number of carbonyl (C=O) groups excluding carboxylic acids is 2. The van der Waals surface area contributed by atoms with Crippen LogP contribution >= 0.6 is 23.1 Å². The SMILES string of the molecule is CCc1ccc2c(c1)sc(=NC(=O)CSCc1ccccc1)n2CC(=O)OC. The number of thiazole rings is 1. The summed E-state index contributed by atoms with van der Waals surface area (Å²) in [6.07, 6.45) is 0.923. The van der Waals surface area contributed by atoms with Gasteiger partial charge >= 0.3 is 5.97 Å². The molecule has 0 bridgehead atoms. The summed E-state index contributed by atoms with van der Waals surface area (Å²) < 4.78 is 7.57. The molecular weight excluding hydrogens is 392 g/mol. The van der Waals surface area contributed by atoms with Crippen molar-refractivity contribution in [2.45, 2.75) is 25.6 Å². The Morgan fingerprint density at radius 3 is 2.64 bits per heavy atom. The van der Waals surface area contributed by atoms with Gasteiger partial charge in [0, 0.05) is 5.75 Å². The lowest BCUT2D eigenvalue weighted by atomic mass is 10.2. The topological polar surface area (TPSA) is 60.7 Å². The molecule has 7 heteroatoms. The Morgan fingerprint density at radius 2 is 1.93 bits per heavy atom. The third-order valence-corrected chi connectivity index (χ3v) is 6.26. The van der Waals surface area contributed by atoms with Crippen LogP contribution in [0, 0.1) is 0 Å². The first-order valence-corrected chi connectivity index (χ1v) is 11.0. The van der Waals surface area contributed by atoms with Crippen molar-refractivity contribution >= 4 is 45.2 Å². The van der Waals surface area contributed by atoms with Crippen molar-refractivity contribution < 1.29 is 14.3 Å². The van der Waals surface area contributed by atoms with Crippen LogP contribution in [0.3, 0.4) is 0 Å². The molecule has 0 N–H and O–H groups in total. The molecule has 0 aliphatic heterocycles. The number of ether oxygens (including phenoxy) is 1. The number of amides is 1. The first-order chi connectivity index (χ1) is 13.6. The summed E-state index contributed by atoms with van der Waals surface area (Å²) in [5.41, 5.74) is 3.27. The average Bonchev–Trinajstić information content (AvgIpc) is 3.04. The van der Waals surface area contributed by atoms with Gasteiger partial charge in [0.15, 0.2) is 4.80 Å². The van der Waals surface area contributed by atoms with Gasteiger partial charge in [-0.25, -0.2) is 0 Å². The zero-order chi connectivity index (χ0) is 19.9. The third-order valence-electron chi connectivity index (χ3n) is 4.23. The number of carbonyl (C=O) groups is 2. The van der Waals surface area contributed by atoms with Gasteiger partial charge in [-0.1, -0.05) is 54.7 Å². The zero-order valence-corrected chi connectivity index (χ0v) is 17.5. The van der Waals surface area contributed by atoms with Crippen molar-refractivity contribution in [2.75, 3.05) is 12.9 Å². The van der Waals surface area contributed by atoms with E-state index in [-0.39, 0.29) is 18.4 Å². The second-order valence-corrected chi connectivity index (χ2v) is 8.18. The van der Waals surface area contributed by atoms with Crippen molar-refractivity contribution in [2.24, 2.45) is 4.99 Å². The molecule has 3 aromatic rings. The Balaban J connectivity index is 1.83. The lowest BCUT2D eigenvalue weighted by Gasteiger charge is -2.04. The number of aryl methyl sites for hydroxylation is 1. The molecule has 2 aromatic carbocycles. The minimum atomic E-state index is -0.369. The predicted octanol–water partition coefficient (Wildman–Crippen LogP) is 3.80. The second kappa shape index (κ2) is 9.71. The van der Waals surface area contributed by atoms with Gasteiger partial charge in [-0.3, -0.25) is 9.59 Å². The van der Waals surface area contributed by atoms with E-state index in [0.717, 1.165) is 22.4 Å². The Bertz CT molecular complexity index is 1040. The molecule has 0 unspecified atom stereocenters. The smallest absolute Gasteiger partial charge is 0.325 e. The molecule has 3 rings (SSSR count). The highest BCUT2D eigenvalue weighted by atomic mass is 32.2. The number of rotatable bonds is 7. The molecule has 1 aromatic heterocycles. The van der Waals surface area contributed by atoms with E-state index in [1.54, 1.807) is 4.57 Å². The molecule has 0 aliphatic rings.